The van der Waals surface area contributed by atoms with Gasteiger partial charge in [-0.1, -0.05) is 224 Å². The number of para-hydroxylation sites is 4. The molecule has 14 rings (SSSR count). The van der Waals surface area contributed by atoms with Gasteiger partial charge in [0, 0.05) is 32.9 Å². The van der Waals surface area contributed by atoms with Crippen molar-refractivity contribution in [2.45, 2.75) is 0 Å². The summed E-state index contributed by atoms with van der Waals surface area (Å²) in [7, 11) is -5.62. The molecule has 1 aliphatic rings. The van der Waals surface area contributed by atoms with Crippen molar-refractivity contribution in [3.63, 3.8) is 0 Å². The molecule has 3 heterocycles. The summed E-state index contributed by atoms with van der Waals surface area (Å²) in [5.41, 5.74) is 6.96. The molecular formula is C66H46N2OSi2. The molecule has 0 aliphatic carbocycles. The predicted molar refractivity (Wildman–Crippen MR) is 302 cm³/mol. The van der Waals surface area contributed by atoms with Crippen LogP contribution in [0.1, 0.15) is 0 Å². The van der Waals surface area contributed by atoms with Gasteiger partial charge in [-0.3, -0.25) is 0 Å². The number of hydrogen-bond acceptors (Lipinski definition) is 1. The maximum atomic E-state index is 6.73. The van der Waals surface area contributed by atoms with Crippen molar-refractivity contribution in [1.82, 2.24) is 9.13 Å². The zero-order chi connectivity index (χ0) is 46.9. The van der Waals surface area contributed by atoms with Crippen LogP contribution in [0.2, 0.25) is 0 Å². The van der Waals surface area contributed by atoms with Crippen molar-refractivity contribution in [1.29, 1.82) is 0 Å². The van der Waals surface area contributed by atoms with Crippen LogP contribution < -0.4 is 46.2 Å². The van der Waals surface area contributed by atoms with Gasteiger partial charge in [-0.25, -0.2) is 0 Å². The topological polar surface area (TPSA) is 19.1 Å². The Morgan fingerprint density at radius 2 is 0.676 bits per heavy atom. The van der Waals surface area contributed by atoms with Gasteiger partial charge in [-0.05, 0) is 96.1 Å². The van der Waals surface area contributed by atoms with Crippen LogP contribution in [-0.2, 0) is 0 Å². The largest absolute Gasteiger partial charge is 0.458 e. The lowest BCUT2D eigenvalue weighted by Crippen LogP contribution is -2.76. The van der Waals surface area contributed by atoms with E-state index in [4.69, 9.17) is 4.74 Å². The summed E-state index contributed by atoms with van der Waals surface area (Å²) < 4.78 is 11.7. The second-order valence-corrected chi connectivity index (χ2v) is 26.3. The molecule has 11 aromatic carbocycles. The molecule has 5 heteroatoms. The van der Waals surface area contributed by atoms with Crippen LogP contribution in [-0.4, -0.2) is 25.3 Å². The minimum Gasteiger partial charge on any atom is -0.458 e. The zero-order valence-corrected chi connectivity index (χ0v) is 40.9. The molecule has 0 N–H and O–H groups in total. The Morgan fingerprint density at radius 1 is 0.282 bits per heavy atom. The van der Waals surface area contributed by atoms with E-state index in [-0.39, 0.29) is 0 Å². The molecule has 0 saturated carbocycles. The lowest BCUT2D eigenvalue weighted by Gasteiger charge is -2.39. The number of aromatic nitrogens is 2. The number of ether oxygens (including phenoxy) is 1. The molecule has 334 valence electrons. The van der Waals surface area contributed by atoms with Gasteiger partial charge in [0.05, 0.1) is 22.1 Å². The van der Waals surface area contributed by atoms with Crippen LogP contribution in [0.15, 0.2) is 279 Å². The number of benzene rings is 11. The van der Waals surface area contributed by atoms with Gasteiger partial charge >= 0.3 is 0 Å². The first-order chi connectivity index (χ1) is 35.2. The van der Waals surface area contributed by atoms with E-state index in [1.807, 2.05) is 0 Å². The number of rotatable bonds is 8. The van der Waals surface area contributed by atoms with Gasteiger partial charge in [0.15, 0.2) is 16.1 Å². The first kappa shape index (κ1) is 41.2. The van der Waals surface area contributed by atoms with Crippen molar-refractivity contribution >= 4 is 101 Å². The maximum Gasteiger partial charge on any atom is 0.188 e. The highest BCUT2D eigenvalue weighted by molar-refractivity contribution is 7.21. The van der Waals surface area contributed by atoms with Crippen LogP contribution in [0.4, 0.5) is 0 Å². The van der Waals surface area contributed by atoms with E-state index in [0.717, 1.165) is 22.9 Å². The molecular weight excluding hydrogens is 893 g/mol. The summed E-state index contributed by atoms with van der Waals surface area (Å²) in [6.07, 6.45) is 0. The van der Waals surface area contributed by atoms with Crippen molar-refractivity contribution in [3.05, 3.63) is 279 Å². The van der Waals surface area contributed by atoms with Crippen LogP contribution >= 0.6 is 0 Å². The molecule has 1 aliphatic heterocycles. The second kappa shape index (κ2) is 16.5. The average molecular weight is 939 g/mol. The Kier molecular flexibility index (Phi) is 9.56. The third kappa shape index (κ3) is 6.13. The smallest absolute Gasteiger partial charge is 0.188 e. The SMILES string of the molecule is c1ccc([Si](c2ccccc2)(c2ccccc2)c2ccc(-n3c4ccccc4c4ccc(-n5c6ccccc6c6ccc([Si]7(c8ccccc8)c8ccccc8Oc8ccccc87)cc65)cc43)cc2)cc1. The summed E-state index contributed by atoms with van der Waals surface area (Å²) >= 11 is 0. The van der Waals surface area contributed by atoms with Crippen LogP contribution in [0.5, 0.6) is 11.5 Å². The highest BCUT2D eigenvalue weighted by Gasteiger charge is 2.48. The first-order valence-electron chi connectivity index (χ1n) is 24.5. The van der Waals surface area contributed by atoms with E-state index in [1.54, 1.807) is 0 Å². The van der Waals surface area contributed by atoms with Gasteiger partial charge in [0.2, 0.25) is 0 Å². The Morgan fingerprint density at radius 3 is 1.23 bits per heavy atom. The molecule has 0 atom stereocenters. The average Bonchev–Trinajstić information content (AvgIpc) is 3.96. The fourth-order valence-corrected chi connectivity index (χ4v) is 21.9. The number of hydrogen-bond donors (Lipinski definition) is 0. The van der Waals surface area contributed by atoms with E-state index >= 15 is 0 Å². The lowest BCUT2D eigenvalue weighted by molar-refractivity contribution is 0.487. The van der Waals surface area contributed by atoms with Gasteiger partial charge in [-0.2, -0.15) is 0 Å². The Balaban J connectivity index is 0.994. The van der Waals surface area contributed by atoms with Crippen molar-refractivity contribution < 1.29 is 4.74 Å². The van der Waals surface area contributed by atoms with Gasteiger partial charge < -0.3 is 13.9 Å². The van der Waals surface area contributed by atoms with Gasteiger partial charge in [-0.15, -0.1) is 0 Å². The van der Waals surface area contributed by atoms with E-state index in [0.29, 0.717) is 0 Å². The molecule has 13 aromatic rings. The number of nitrogens with zero attached hydrogens (tertiary/aromatic N) is 2. The molecule has 2 aromatic heterocycles. The third-order valence-electron chi connectivity index (χ3n) is 15.2. The molecule has 0 radical (unpaired) electrons. The normalized spacial score (nSPS) is 13.0. The van der Waals surface area contributed by atoms with E-state index < -0.39 is 16.1 Å². The summed E-state index contributed by atoms with van der Waals surface area (Å²) in [5, 5.41) is 15.5. The summed E-state index contributed by atoms with van der Waals surface area (Å²) in [6, 6.07) is 104. The minimum absolute atomic E-state index is 0.932. The Hall–Kier alpha value is -8.75. The van der Waals surface area contributed by atoms with Crippen LogP contribution in [0.25, 0.3) is 55.0 Å². The predicted octanol–water partition coefficient (Wildman–Crippen LogP) is 10.7. The monoisotopic (exact) mass is 938 g/mol. The molecule has 0 amide bonds. The maximum absolute atomic E-state index is 6.73. The van der Waals surface area contributed by atoms with E-state index in [9.17, 15) is 0 Å². The van der Waals surface area contributed by atoms with Crippen molar-refractivity contribution in [3.8, 4) is 22.9 Å². The molecule has 0 unspecified atom stereocenters. The standard InChI is InChI=1S/C66H46N2OSi2/c1-5-21-49(22-6-1)70(50-23-7-2-8-24-50,51-25-9-3-10-26-51)53-40-37-47(38-41-53)67-59-31-15-13-29-55(59)57-43-39-48(45-61(57)67)68-60-32-16-14-30-56(60)58-44-42-54(46-62(58)68)71(52-27-11-4-12-28-52)65-35-19-17-33-63(65)69-64-34-18-20-36-66(64)71/h1-46H. The minimum atomic E-state index is -2.91. The second-order valence-electron chi connectivity index (χ2n) is 18.7. The summed E-state index contributed by atoms with van der Waals surface area (Å²) in [4.78, 5) is 0. The summed E-state index contributed by atoms with van der Waals surface area (Å²) in [6.45, 7) is 0. The molecule has 0 bridgehead atoms. The highest BCUT2D eigenvalue weighted by atomic mass is 28.3. The lowest BCUT2D eigenvalue weighted by atomic mass is 10.1. The molecule has 0 spiro atoms. The summed E-state index contributed by atoms with van der Waals surface area (Å²) in [5.74, 6) is 1.86. The Bertz CT molecular complexity index is 3990. The third-order valence-corrected chi connectivity index (χ3v) is 24.8. The van der Waals surface area contributed by atoms with Crippen LogP contribution in [0.3, 0.4) is 0 Å². The van der Waals surface area contributed by atoms with Crippen molar-refractivity contribution in [2.24, 2.45) is 0 Å². The van der Waals surface area contributed by atoms with Crippen LogP contribution in [0, 0.1) is 0 Å². The highest BCUT2D eigenvalue weighted by Crippen LogP contribution is 2.38. The van der Waals surface area contributed by atoms with E-state index in [2.05, 4.69) is 288 Å². The molecule has 71 heavy (non-hydrogen) atoms. The van der Waals surface area contributed by atoms with Crippen molar-refractivity contribution in [2.75, 3.05) is 0 Å². The quantitative estimate of drug-likeness (QED) is 0.110. The Labute approximate surface area is 414 Å². The fraction of sp³-hybridized carbons (Fsp3) is 0. The molecule has 3 nitrogen and oxygen atoms in total. The fourth-order valence-electron chi connectivity index (χ4n) is 12.3. The zero-order valence-electron chi connectivity index (χ0n) is 38.9. The molecule has 0 fully saturated rings. The van der Waals surface area contributed by atoms with Gasteiger partial charge in [0.25, 0.3) is 0 Å². The molecule has 0 saturated heterocycles. The first-order valence-corrected chi connectivity index (χ1v) is 28.5. The number of fused-ring (bicyclic) bond motifs is 8. The van der Waals surface area contributed by atoms with E-state index in [1.165, 1.54) is 85.1 Å². The van der Waals surface area contributed by atoms with Gasteiger partial charge in [0.1, 0.15) is 11.5 Å².